The maximum absolute atomic E-state index is 9.49. The van der Waals surface area contributed by atoms with Crippen LogP contribution in [0.15, 0.2) is 41.9 Å². The van der Waals surface area contributed by atoms with Crippen LogP contribution in [0.5, 0.6) is 11.5 Å². The molecule has 2 atom stereocenters. The number of fused-ring (bicyclic) bond motifs is 2. The average molecular weight is 230 g/mol. The molecular weight excluding hydrogens is 216 g/mol. The number of hydrogen-bond acceptors (Lipinski definition) is 3. The lowest BCUT2D eigenvalue weighted by molar-refractivity contribution is 0.272. The first-order chi connectivity index (χ1) is 8.15. The molecule has 1 aromatic carbocycles. The first-order valence-electron chi connectivity index (χ1n) is 5.76. The van der Waals surface area contributed by atoms with Crippen LogP contribution in [0.25, 0.3) is 0 Å². The third-order valence-electron chi connectivity index (χ3n) is 3.56. The number of benzene rings is 1. The van der Waals surface area contributed by atoms with E-state index in [0.717, 1.165) is 17.7 Å². The van der Waals surface area contributed by atoms with Crippen LogP contribution in [0, 0.1) is 5.92 Å². The van der Waals surface area contributed by atoms with Crippen molar-refractivity contribution in [2.24, 2.45) is 5.92 Å². The molecule has 0 bridgehead atoms. The number of phenols is 1. The number of ether oxygens (including phenoxy) is 1. The minimum absolute atomic E-state index is 0.200. The van der Waals surface area contributed by atoms with Gasteiger partial charge in [0.15, 0.2) is 0 Å². The zero-order valence-corrected chi connectivity index (χ0v) is 9.55. The van der Waals surface area contributed by atoms with Gasteiger partial charge in [-0.15, -0.1) is 0 Å². The van der Waals surface area contributed by atoms with Crippen molar-refractivity contribution >= 4 is 0 Å². The molecule has 0 radical (unpaired) electrons. The number of aromatic hydroxyl groups is 1. The molecule has 3 heteroatoms. The molecule has 1 heterocycles. The zero-order chi connectivity index (χ0) is 12.0. The van der Waals surface area contributed by atoms with Gasteiger partial charge in [-0.05, 0) is 30.0 Å². The van der Waals surface area contributed by atoms with Crippen molar-refractivity contribution in [1.29, 1.82) is 0 Å². The van der Waals surface area contributed by atoms with Crippen LogP contribution in [-0.2, 0) is 0 Å². The largest absolute Gasteiger partial charge is 0.508 e. The molecule has 1 aromatic rings. The van der Waals surface area contributed by atoms with E-state index in [9.17, 15) is 10.2 Å². The van der Waals surface area contributed by atoms with E-state index in [1.807, 2.05) is 12.1 Å². The Kier molecular flexibility index (Phi) is 2.15. The van der Waals surface area contributed by atoms with Crippen LogP contribution in [-0.4, -0.2) is 10.2 Å². The monoisotopic (exact) mass is 230 g/mol. The molecule has 88 valence electrons. The van der Waals surface area contributed by atoms with Crippen molar-refractivity contribution in [3.05, 3.63) is 47.4 Å². The Morgan fingerprint density at radius 2 is 2.12 bits per heavy atom. The second-order valence-corrected chi connectivity index (χ2v) is 4.63. The molecule has 0 saturated carbocycles. The lowest BCUT2D eigenvalue weighted by Gasteiger charge is -2.34. The quantitative estimate of drug-likeness (QED) is 0.719. The second-order valence-electron chi connectivity index (χ2n) is 4.63. The van der Waals surface area contributed by atoms with Crippen LogP contribution in [0.2, 0.25) is 0 Å². The standard InChI is InChI=1S/C14H14O3/c1-8-11-4-2-9(15)6-13(11)17-14-7-10(16)3-5-12(8)14/h2-4,6-8,12,15-16H,5H2,1H3. The van der Waals surface area contributed by atoms with Crippen molar-refractivity contribution in [3.8, 4) is 11.5 Å². The number of allylic oxidation sites excluding steroid dienone is 3. The summed E-state index contributed by atoms with van der Waals surface area (Å²) in [5.74, 6) is 2.54. The summed E-state index contributed by atoms with van der Waals surface area (Å²) >= 11 is 0. The average Bonchev–Trinajstić information content (AvgIpc) is 2.28. The van der Waals surface area contributed by atoms with Crippen LogP contribution >= 0.6 is 0 Å². The molecule has 2 aliphatic rings. The van der Waals surface area contributed by atoms with E-state index in [1.54, 1.807) is 18.2 Å². The van der Waals surface area contributed by atoms with Gasteiger partial charge in [0.1, 0.15) is 23.0 Å². The summed E-state index contributed by atoms with van der Waals surface area (Å²) in [6, 6.07) is 5.21. The van der Waals surface area contributed by atoms with Gasteiger partial charge in [-0.2, -0.15) is 0 Å². The summed E-state index contributed by atoms with van der Waals surface area (Å²) in [6.07, 6.45) is 4.27. The maximum atomic E-state index is 9.49. The Bertz CT molecular complexity index is 528. The Balaban J connectivity index is 2.08. The molecule has 0 fully saturated rings. The highest BCUT2D eigenvalue weighted by Crippen LogP contribution is 2.45. The van der Waals surface area contributed by atoms with E-state index in [1.165, 1.54) is 0 Å². The predicted octanol–water partition coefficient (Wildman–Crippen LogP) is 3.23. The van der Waals surface area contributed by atoms with Gasteiger partial charge in [0.25, 0.3) is 0 Å². The van der Waals surface area contributed by atoms with E-state index in [0.29, 0.717) is 11.7 Å². The van der Waals surface area contributed by atoms with Gasteiger partial charge < -0.3 is 14.9 Å². The molecule has 3 nitrogen and oxygen atoms in total. The number of hydrogen-bond donors (Lipinski definition) is 2. The second kappa shape index (κ2) is 3.55. The van der Waals surface area contributed by atoms with Crippen LogP contribution in [0.1, 0.15) is 24.8 Å². The van der Waals surface area contributed by atoms with Crippen molar-refractivity contribution < 1.29 is 14.9 Å². The Labute approximate surface area is 99.7 Å². The minimum atomic E-state index is 0.200. The molecule has 2 N–H and O–H groups in total. The lowest BCUT2D eigenvalue weighted by Crippen LogP contribution is -2.24. The smallest absolute Gasteiger partial charge is 0.134 e. The van der Waals surface area contributed by atoms with Gasteiger partial charge in [-0.3, -0.25) is 0 Å². The van der Waals surface area contributed by atoms with E-state index in [-0.39, 0.29) is 17.4 Å². The third-order valence-corrected chi connectivity index (χ3v) is 3.56. The fourth-order valence-corrected chi connectivity index (χ4v) is 2.56. The Morgan fingerprint density at radius 1 is 1.29 bits per heavy atom. The normalized spacial score (nSPS) is 26.2. The zero-order valence-electron chi connectivity index (χ0n) is 9.55. The van der Waals surface area contributed by atoms with Crippen molar-refractivity contribution in [2.75, 3.05) is 0 Å². The molecule has 1 aliphatic carbocycles. The van der Waals surface area contributed by atoms with Crippen LogP contribution in [0.3, 0.4) is 0 Å². The summed E-state index contributed by atoms with van der Waals surface area (Å²) in [4.78, 5) is 0. The molecular formula is C14H14O3. The first kappa shape index (κ1) is 10.3. The fourth-order valence-electron chi connectivity index (χ4n) is 2.56. The molecule has 0 aromatic heterocycles. The highest BCUT2D eigenvalue weighted by atomic mass is 16.5. The molecule has 0 saturated heterocycles. The molecule has 2 unspecified atom stereocenters. The van der Waals surface area contributed by atoms with Gasteiger partial charge in [-0.1, -0.05) is 13.0 Å². The van der Waals surface area contributed by atoms with Gasteiger partial charge in [0.05, 0.1) is 0 Å². The van der Waals surface area contributed by atoms with Crippen molar-refractivity contribution in [2.45, 2.75) is 19.3 Å². The minimum Gasteiger partial charge on any atom is -0.508 e. The van der Waals surface area contributed by atoms with Gasteiger partial charge in [0, 0.05) is 18.1 Å². The first-order valence-corrected chi connectivity index (χ1v) is 5.76. The summed E-state index contributed by atoms with van der Waals surface area (Å²) in [5.41, 5.74) is 1.11. The lowest BCUT2D eigenvalue weighted by atomic mass is 9.79. The predicted molar refractivity (Wildman–Crippen MR) is 64.1 cm³/mol. The summed E-state index contributed by atoms with van der Waals surface area (Å²) < 4.78 is 5.76. The van der Waals surface area contributed by atoms with Gasteiger partial charge in [0.2, 0.25) is 0 Å². The van der Waals surface area contributed by atoms with E-state index >= 15 is 0 Å². The summed E-state index contributed by atoms with van der Waals surface area (Å²) in [7, 11) is 0. The summed E-state index contributed by atoms with van der Waals surface area (Å²) in [5, 5.41) is 19.0. The highest BCUT2D eigenvalue weighted by molar-refractivity contribution is 5.47. The molecule has 1 aliphatic heterocycles. The maximum Gasteiger partial charge on any atom is 0.134 e. The SMILES string of the molecule is CC1c2ccc(O)cc2OC2=CC(O)=CCC21. The third kappa shape index (κ3) is 1.58. The number of aliphatic hydroxyl groups is 1. The van der Waals surface area contributed by atoms with Crippen molar-refractivity contribution in [3.63, 3.8) is 0 Å². The molecule has 3 rings (SSSR count). The van der Waals surface area contributed by atoms with Gasteiger partial charge in [-0.25, -0.2) is 0 Å². The van der Waals surface area contributed by atoms with Gasteiger partial charge >= 0.3 is 0 Å². The van der Waals surface area contributed by atoms with E-state index < -0.39 is 0 Å². The molecule has 17 heavy (non-hydrogen) atoms. The van der Waals surface area contributed by atoms with Crippen LogP contribution in [0.4, 0.5) is 0 Å². The Morgan fingerprint density at radius 3 is 2.94 bits per heavy atom. The highest BCUT2D eigenvalue weighted by Gasteiger charge is 2.33. The fraction of sp³-hybridized carbons (Fsp3) is 0.286. The topological polar surface area (TPSA) is 49.7 Å². The number of aliphatic hydroxyl groups excluding tert-OH is 1. The molecule has 0 spiro atoms. The van der Waals surface area contributed by atoms with E-state index in [2.05, 4.69) is 6.92 Å². The van der Waals surface area contributed by atoms with Crippen molar-refractivity contribution in [1.82, 2.24) is 0 Å². The van der Waals surface area contributed by atoms with E-state index in [4.69, 9.17) is 4.74 Å². The number of phenolic OH excluding ortho intramolecular Hbond substituents is 1. The molecule has 0 amide bonds. The Hall–Kier alpha value is -1.90. The summed E-state index contributed by atoms with van der Waals surface area (Å²) in [6.45, 7) is 2.15. The number of rotatable bonds is 0. The van der Waals surface area contributed by atoms with Crippen LogP contribution < -0.4 is 4.74 Å².